The molecule has 1 aromatic rings. The Hall–Kier alpha value is -0.940. The number of nitrogens with zero attached hydrogens (tertiary/aromatic N) is 2. The largest absolute Gasteiger partial charge is 0.375 e. The molecule has 0 fully saturated rings. The minimum Gasteiger partial charge on any atom is -0.375 e. The Kier molecular flexibility index (Phi) is 3.85. The standard InChI is InChI=1S/C8H15N3O2/c1-6(2)9-4-7-10-8(5-12-3)13-11-7/h6,9H,4-5H2,1-3H3. The fourth-order valence-corrected chi connectivity index (χ4v) is 0.839. The summed E-state index contributed by atoms with van der Waals surface area (Å²) in [6, 6.07) is 0.421. The maximum absolute atomic E-state index is 4.91. The molecule has 5 nitrogen and oxygen atoms in total. The van der Waals surface area contributed by atoms with Gasteiger partial charge in [0.05, 0.1) is 6.54 Å². The molecule has 0 aliphatic rings. The predicted octanol–water partition coefficient (Wildman–Crippen LogP) is 0.714. The average molecular weight is 185 g/mol. The van der Waals surface area contributed by atoms with Crippen molar-refractivity contribution in [3.8, 4) is 0 Å². The summed E-state index contributed by atoms with van der Waals surface area (Å²) in [6.45, 7) is 5.13. The van der Waals surface area contributed by atoms with Crippen LogP contribution in [0, 0.1) is 0 Å². The number of hydrogen-bond donors (Lipinski definition) is 1. The van der Waals surface area contributed by atoms with Gasteiger partial charge in [0.25, 0.3) is 5.89 Å². The summed E-state index contributed by atoms with van der Waals surface area (Å²) in [7, 11) is 1.59. The van der Waals surface area contributed by atoms with Crippen LogP contribution in [0.25, 0.3) is 0 Å². The Morgan fingerprint density at radius 3 is 2.92 bits per heavy atom. The van der Waals surface area contributed by atoms with Crippen molar-refractivity contribution in [2.24, 2.45) is 0 Å². The van der Waals surface area contributed by atoms with Gasteiger partial charge in [0, 0.05) is 13.2 Å². The molecule has 0 saturated carbocycles. The molecule has 74 valence electrons. The number of rotatable bonds is 5. The van der Waals surface area contributed by atoms with Gasteiger partial charge < -0.3 is 14.6 Å². The molecule has 0 radical (unpaired) electrons. The quantitative estimate of drug-likeness (QED) is 0.732. The first-order valence-electron chi connectivity index (χ1n) is 4.26. The molecule has 0 saturated heterocycles. The zero-order chi connectivity index (χ0) is 9.68. The highest BCUT2D eigenvalue weighted by Gasteiger charge is 2.05. The second-order valence-corrected chi connectivity index (χ2v) is 3.07. The van der Waals surface area contributed by atoms with Crippen LogP contribution in [-0.4, -0.2) is 23.3 Å². The van der Waals surface area contributed by atoms with E-state index in [4.69, 9.17) is 9.26 Å². The van der Waals surface area contributed by atoms with Gasteiger partial charge in [-0.25, -0.2) is 0 Å². The van der Waals surface area contributed by atoms with E-state index >= 15 is 0 Å². The average Bonchev–Trinajstić information content (AvgIpc) is 2.50. The highest BCUT2D eigenvalue weighted by atomic mass is 16.5. The van der Waals surface area contributed by atoms with Gasteiger partial charge in [-0.3, -0.25) is 0 Å². The van der Waals surface area contributed by atoms with Crippen molar-refractivity contribution >= 4 is 0 Å². The monoisotopic (exact) mass is 185 g/mol. The van der Waals surface area contributed by atoms with E-state index in [0.717, 1.165) is 0 Å². The van der Waals surface area contributed by atoms with E-state index < -0.39 is 0 Å². The van der Waals surface area contributed by atoms with Crippen LogP contribution in [0.4, 0.5) is 0 Å². The Morgan fingerprint density at radius 2 is 2.31 bits per heavy atom. The number of hydrogen-bond acceptors (Lipinski definition) is 5. The Morgan fingerprint density at radius 1 is 1.54 bits per heavy atom. The lowest BCUT2D eigenvalue weighted by molar-refractivity contribution is 0.151. The van der Waals surface area contributed by atoms with Gasteiger partial charge in [-0.05, 0) is 0 Å². The highest BCUT2D eigenvalue weighted by Crippen LogP contribution is 1.98. The number of nitrogens with one attached hydrogen (secondary N) is 1. The summed E-state index contributed by atoms with van der Waals surface area (Å²) >= 11 is 0. The summed E-state index contributed by atoms with van der Waals surface area (Å²) in [6.07, 6.45) is 0. The highest BCUT2D eigenvalue weighted by molar-refractivity contribution is 4.84. The third kappa shape index (κ3) is 3.52. The van der Waals surface area contributed by atoms with Crippen molar-refractivity contribution in [1.29, 1.82) is 0 Å². The van der Waals surface area contributed by atoms with Crippen LogP contribution < -0.4 is 5.32 Å². The molecule has 0 unspecified atom stereocenters. The van der Waals surface area contributed by atoms with Gasteiger partial charge in [-0.2, -0.15) is 4.98 Å². The SMILES string of the molecule is COCc1nc(CNC(C)C)no1. The fraction of sp³-hybridized carbons (Fsp3) is 0.750. The summed E-state index contributed by atoms with van der Waals surface area (Å²) in [4.78, 5) is 4.11. The molecule has 1 aromatic heterocycles. The van der Waals surface area contributed by atoms with Crippen molar-refractivity contribution in [1.82, 2.24) is 15.5 Å². The van der Waals surface area contributed by atoms with E-state index in [0.29, 0.717) is 30.9 Å². The molecular formula is C8H15N3O2. The predicted molar refractivity (Wildman–Crippen MR) is 47.0 cm³/mol. The summed E-state index contributed by atoms with van der Waals surface area (Å²) in [5, 5.41) is 6.97. The zero-order valence-corrected chi connectivity index (χ0v) is 8.20. The minimum atomic E-state index is 0.370. The van der Waals surface area contributed by atoms with Crippen LogP contribution in [0.5, 0.6) is 0 Å². The van der Waals surface area contributed by atoms with Gasteiger partial charge in [-0.1, -0.05) is 19.0 Å². The first-order valence-corrected chi connectivity index (χ1v) is 4.26. The molecule has 13 heavy (non-hydrogen) atoms. The summed E-state index contributed by atoms with van der Waals surface area (Å²) < 4.78 is 9.76. The van der Waals surface area contributed by atoms with E-state index in [-0.39, 0.29) is 0 Å². The van der Waals surface area contributed by atoms with Crippen molar-refractivity contribution in [3.05, 3.63) is 11.7 Å². The van der Waals surface area contributed by atoms with Crippen LogP contribution in [0.15, 0.2) is 4.52 Å². The third-order valence-electron chi connectivity index (χ3n) is 1.45. The molecular weight excluding hydrogens is 170 g/mol. The first kappa shape index (κ1) is 10.1. The van der Waals surface area contributed by atoms with Crippen molar-refractivity contribution in [2.45, 2.75) is 33.0 Å². The number of ether oxygens (including phenoxy) is 1. The first-order chi connectivity index (χ1) is 6.22. The molecule has 1 N–H and O–H groups in total. The van der Waals surface area contributed by atoms with Gasteiger partial charge in [-0.15, -0.1) is 0 Å². The Labute approximate surface area is 77.5 Å². The van der Waals surface area contributed by atoms with Crippen LogP contribution in [0.1, 0.15) is 25.6 Å². The molecule has 1 heterocycles. The second kappa shape index (κ2) is 4.94. The minimum absolute atomic E-state index is 0.370. The van der Waals surface area contributed by atoms with E-state index in [1.165, 1.54) is 0 Å². The lowest BCUT2D eigenvalue weighted by atomic mass is 10.4. The van der Waals surface area contributed by atoms with Gasteiger partial charge in [0.15, 0.2) is 5.82 Å². The molecule has 0 amide bonds. The third-order valence-corrected chi connectivity index (χ3v) is 1.45. The van der Waals surface area contributed by atoms with Gasteiger partial charge >= 0.3 is 0 Å². The molecule has 1 rings (SSSR count). The molecule has 0 spiro atoms. The second-order valence-electron chi connectivity index (χ2n) is 3.07. The van der Waals surface area contributed by atoms with E-state index in [1.807, 2.05) is 0 Å². The van der Waals surface area contributed by atoms with E-state index in [1.54, 1.807) is 7.11 Å². The van der Waals surface area contributed by atoms with Gasteiger partial charge in [0.1, 0.15) is 6.61 Å². The maximum Gasteiger partial charge on any atom is 0.252 e. The molecule has 0 aliphatic heterocycles. The van der Waals surface area contributed by atoms with Crippen molar-refractivity contribution in [3.63, 3.8) is 0 Å². The lowest BCUT2D eigenvalue weighted by Gasteiger charge is -2.02. The smallest absolute Gasteiger partial charge is 0.252 e. The van der Waals surface area contributed by atoms with E-state index in [2.05, 4.69) is 29.3 Å². The number of aromatic nitrogens is 2. The van der Waals surface area contributed by atoms with Crippen molar-refractivity contribution < 1.29 is 9.26 Å². The van der Waals surface area contributed by atoms with E-state index in [9.17, 15) is 0 Å². The molecule has 0 aliphatic carbocycles. The topological polar surface area (TPSA) is 60.2 Å². The molecule has 0 bridgehead atoms. The summed E-state index contributed by atoms with van der Waals surface area (Å²) in [5.74, 6) is 1.18. The van der Waals surface area contributed by atoms with Crippen LogP contribution in [-0.2, 0) is 17.9 Å². The zero-order valence-electron chi connectivity index (χ0n) is 8.20. The summed E-state index contributed by atoms with van der Waals surface area (Å²) in [5.41, 5.74) is 0. The van der Waals surface area contributed by atoms with Crippen molar-refractivity contribution in [2.75, 3.05) is 7.11 Å². The molecule has 5 heteroatoms. The fourth-order valence-electron chi connectivity index (χ4n) is 0.839. The van der Waals surface area contributed by atoms with Crippen LogP contribution >= 0.6 is 0 Å². The molecule has 0 atom stereocenters. The Bertz CT molecular complexity index is 247. The molecule has 0 aromatic carbocycles. The van der Waals surface area contributed by atoms with Crippen LogP contribution in [0.2, 0.25) is 0 Å². The normalized spacial score (nSPS) is 11.1. The maximum atomic E-state index is 4.91. The van der Waals surface area contributed by atoms with Crippen LogP contribution in [0.3, 0.4) is 0 Å². The van der Waals surface area contributed by atoms with Gasteiger partial charge in [0.2, 0.25) is 0 Å². The lowest BCUT2D eigenvalue weighted by Crippen LogP contribution is -2.22. The number of methoxy groups -OCH3 is 1. The Balaban J connectivity index is 2.39.